The normalized spacial score (nSPS) is 9.64. The van der Waals surface area contributed by atoms with Gasteiger partial charge in [-0.3, -0.25) is 0 Å². The van der Waals surface area contributed by atoms with Gasteiger partial charge >= 0.3 is 0 Å². The molecule has 60 valence electrons. The van der Waals surface area contributed by atoms with E-state index in [9.17, 15) is 8.42 Å². The number of rotatable bonds is 0. The molecule has 0 bridgehead atoms. The summed E-state index contributed by atoms with van der Waals surface area (Å²) in [6.07, 6.45) is 0. The van der Waals surface area contributed by atoms with Crippen molar-refractivity contribution in [3.8, 4) is 0 Å². The van der Waals surface area contributed by atoms with Crippen LogP contribution in [0.15, 0.2) is 6.07 Å². The van der Waals surface area contributed by atoms with Crippen molar-refractivity contribution in [2.75, 3.05) is 0 Å². The summed E-state index contributed by atoms with van der Waals surface area (Å²) < 4.78 is 20.6. The molecule has 11 heavy (non-hydrogen) atoms. The molecule has 1 heterocycles. The van der Waals surface area contributed by atoms with Crippen LogP contribution in [0.5, 0.6) is 0 Å². The molecule has 1 aromatic rings. The molecule has 0 amide bonds. The summed E-state index contributed by atoms with van der Waals surface area (Å²) in [7, 11) is -2.35. The van der Waals surface area contributed by atoms with Gasteiger partial charge in [-0.15, -0.1) is 0 Å². The summed E-state index contributed by atoms with van der Waals surface area (Å²) in [6.45, 7) is 1.70. The summed E-state index contributed by atoms with van der Waals surface area (Å²) in [5.41, 5.74) is 0.657. The minimum Gasteiger partial charge on any atom is -0.331 e. The lowest BCUT2D eigenvalue weighted by Gasteiger charge is -1.90. The van der Waals surface area contributed by atoms with Crippen LogP contribution in [0, 0.1) is 11.7 Å². The summed E-state index contributed by atoms with van der Waals surface area (Å²) in [6, 6.07) is 1.54. The van der Waals surface area contributed by atoms with E-state index in [1.807, 2.05) is 0 Å². The molecule has 6 heteroatoms. The van der Waals surface area contributed by atoms with Crippen LogP contribution in [0.25, 0.3) is 0 Å². The molecule has 0 spiro atoms. The fourth-order valence-electron chi connectivity index (χ4n) is 0.620. The molecule has 1 aromatic heterocycles. The maximum absolute atomic E-state index is 10.4. The predicted molar refractivity (Wildman–Crippen MR) is 40.5 cm³/mol. The van der Waals surface area contributed by atoms with Crippen molar-refractivity contribution in [3.63, 3.8) is 0 Å². The molecule has 0 aromatic carbocycles. The number of aryl methyl sites for hydroxylation is 1. The summed E-state index contributed by atoms with van der Waals surface area (Å²) in [5.74, 6) is 0. The molecule has 0 atom stereocenters. The molecular formula is C5H5ClN2O2S. The average Bonchev–Trinajstić information content (AvgIpc) is 1.85. The van der Waals surface area contributed by atoms with Crippen molar-refractivity contribution in [1.29, 1.82) is 0 Å². The molecule has 4 nitrogen and oxygen atoms in total. The van der Waals surface area contributed by atoms with E-state index in [4.69, 9.17) is 11.6 Å². The Morgan fingerprint density at radius 3 is 2.73 bits per heavy atom. The molecule has 0 aliphatic carbocycles. The Balaban J connectivity index is 3.70. The molecule has 0 saturated carbocycles. The Kier molecular flexibility index (Phi) is 2.31. The van der Waals surface area contributed by atoms with Gasteiger partial charge in [-0.05, 0) is 13.0 Å². The second-order valence-corrected chi connectivity index (χ2v) is 3.17. The van der Waals surface area contributed by atoms with E-state index in [0.717, 1.165) is 0 Å². The lowest BCUT2D eigenvalue weighted by atomic mass is 10.5. The van der Waals surface area contributed by atoms with Gasteiger partial charge in [-0.2, -0.15) is 8.42 Å². The highest BCUT2D eigenvalue weighted by Gasteiger charge is 1.91. The minimum atomic E-state index is -2.35. The Morgan fingerprint density at radius 1 is 1.64 bits per heavy atom. The van der Waals surface area contributed by atoms with Gasteiger partial charge in [0.25, 0.3) is 15.1 Å². The Labute approximate surface area is 69.4 Å². The van der Waals surface area contributed by atoms with Gasteiger partial charge in [0, 0.05) is 5.69 Å². The van der Waals surface area contributed by atoms with Crippen LogP contribution < -0.4 is 0 Å². The molecule has 0 fully saturated rings. The van der Waals surface area contributed by atoms with E-state index < -0.39 is 10.3 Å². The van der Waals surface area contributed by atoms with Crippen LogP contribution >= 0.6 is 11.6 Å². The molecular weight excluding hydrogens is 188 g/mol. The SMILES string of the molecule is Cc1cc(Cl)nc(=S(=O)=O)[nH]1. The maximum Gasteiger partial charge on any atom is 0.258 e. The van der Waals surface area contributed by atoms with Crippen molar-refractivity contribution in [1.82, 2.24) is 9.97 Å². The van der Waals surface area contributed by atoms with Crippen LogP contribution in [0.3, 0.4) is 0 Å². The van der Waals surface area contributed by atoms with Crippen molar-refractivity contribution < 1.29 is 8.42 Å². The number of nitrogens with one attached hydrogen (secondary N) is 1. The van der Waals surface area contributed by atoms with Gasteiger partial charge in [0.05, 0.1) is 0 Å². The van der Waals surface area contributed by atoms with Crippen molar-refractivity contribution >= 4 is 21.9 Å². The fourth-order valence-corrected chi connectivity index (χ4v) is 1.34. The van der Waals surface area contributed by atoms with Crippen molar-refractivity contribution in [2.45, 2.75) is 6.92 Å². The first kappa shape index (κ1) is 8.29. The molecule has 1 rings (SSSR count). The average molecular weight is 193 g/mol. The van der Waals surface area contributed by atoms with Crippen LogP contribution in [0.4, 0.5) is 0 Å². The number of hydrogen-bond donors (Lipinski definition) is 1. The monoisotopic (exact) mass is 192 g/mol. The summed E-state index contributed by atoms with van der Waals surface area (Å²) in [4.78, 5) is 6.07. The lowest BCUT2D eigenvalue weighted by Crippen LogP contribution is -1.88. The highest BCUT2D eigenvalue weighted by Crippen LogP contribution is 2.02. The van der Waals surface area contributed by atoms with Crippen LogP contribution in [0.2, 0.25) is 5.15 Å². The van der Waals surface area contributed by atoms with Gasteiger partial charge in [0.1, 0.15) is 5.15 Å². The first-order valence-corrected chi connectivity index (χ1v) is 4.20. The second kappa shape index (κ2) is 3.06. The number of nitrogens with zero attached hydrogens (tertiary/aromatic N) is 1. The van der Waals surface area contributed by atoms with E-state index in [2.05, 4.69) is 9.97 Å². The van der Waals surface area contributed by atoms with E-state index >= 15 is 0 Å². The van der Waals surface area contributed by atoms with Gasteiger partial charge in [0.15, 0.2) is 0 Å². The zero-order valence-corrected chi connectivity index (χ0v) is 7.20. The predicted octanol–water partition coefficient (Wildman–Crippen LogP) is 0.783. The third-order valence-corrected chi connectivity index (χ3v) is 1.71. The number of aromatic amines is 1. The Morgan fingerprint density at radius 2 is 2.27 bits per heavy atom. The molecule has 0 saturated heterocycles. The topological polar surface area (TPSA) is 62.8 Å². The molecule has 0 aliphatic heterocycles. The largest absolute Gasteiger partial charge is 0.331 e. The van der Waals surface area contributed by atoms with E-state index in [0.29, 0.717) is 5.69 Å². The lowest BCUT2D eigenvalue weighted by molar-refractivity contribution is 0.623. The van der Waals surface area contributed by atoms with Gasteiger partial charge in [-0.1, -0.05) is 11.6 Å². The van der Waals surface area contributed by atoms with E-state index in [-0.39, 0.29) is 9.92 Å². The van der Waals surface area contributed by atoms with Crippen molar-refractivity contribution in [2.24, 2.45) is 0 Å². The summed E-state index contributed by atoms with van der Waals surface area (Å²) >= 11 is 5.49. The number of hydrogen-bond acceptors (Lipinski definition) is 3. The Hall–Kier alpha value is -0.810. The third-order valence-electron chi connectivity index (χ3n) is 1.01. The van der Waals surface area contributed by atoms with E-state index in [1.54, 1.807) is 6.92 Å². The smallest absolute Gasteiger partial charge is 0.258 e. The molecule has 0 radical (unpaired) electrons. The van der Waals surface area contributed by atoms with E-state index in [1.165, 1.54) is 6.07 Å². The highest BCUT2D eigenvalue weighted by atomic mass is 35.5. The number of aromatic nitrogens is 2. The van der Waals surface area contributed by atoms with Crippen LogP contribution in [-0.4, -0.2) is 18.4 Å². The molecule has 0 unspecified atom stereocenters. The third kappa shape index (κ3) is 2.06. The standard InChI is InChI=1S/C5H5ClN2O2S/c1-3-2-4(6)8-5(7-3)11(9)10/h2,7H,1H3. The number of H-pyrrole nitrogens is 1. The molecule has 1 N–H and O–H groups in total. The maximum atomic E-state index is 10.4. The van der Waals surface area contributed by atoms with Crippen LogP contribution in [0.1, 0.15) is 5.69 Å². The zero-order chi connectivity index (χ0) is 8.43. The first-order chi connectivity index (χ1) is 5.09. The zero-order valence-electron chi connectivity index (χ0n) is 5.63. The first-order valence-electron chi connectivity index (χ1n) is 2.75. The summed E-state index contributed by atoms with van der Waals surface area (Å²) in [5, 5.41) is 0.167. The second-order valence-electron chi connectivity index (χ2n) is 1.93. The van der Waals surface area contributed by atoms with Crippen molar-refractivity contribution in [3.05, 3.63) is 21.7 Å². The highest BCUT2D eigenvalue weighted by molar-refractivity contribution is 7.63. The van der Waals surface area contributed by atoms with Crippen LogP contribution in [-0.2, 0) is 10.3 Å². The van der Waals surface area contributed by atoms with Gasteiger partial charge in [-0.25, -0.2) is 4.98 Å². The Bertz CT molecular complexity index is 403. The molecule has 0 aliphatic rings. The van der Waals surface area contributed by atoms with Gasteiger partial charge < -0.3 is 4.98 Å². The minimum absolute atomic E-state index is 0.144. The fraction of sp³-hybridized carbons (Fsp3) is 0.200. The van der Waals surface area contributed by atoms with Gasteiger partial charge in [0.2, 0.25) is 0 Å². The number of halogens is 1. The quantitative estimate of drug-likeness (QED) is 0.488.